The lowest BCUT2D eigenvalue weighted by atomic mass is 10.1. The van der Waals surface area contributed by atoms with E-state index >= 15 is 0 Å². The summed E-state index contributed by atoms with van der Waals surface area (Å²) >= 11 is 1.64. The van der Waals surface area contributed by atoms with Crippen LogP contribution in [-0.4, -0.2) is 58.1 Å². The van der Waals surface area contributed by atoms with Crippen molar-refractivity contribution in [2.75, 3.05) is 26.2 Å². The van der Waals surface area contributed by atoms with Crippen molar-refractivity contribution in [3.8, 4) is 0 Å². The van der Waals surface area contributed by atoms with Crippen LogP contribution in [0.1, 0.15) is 31.2 Å². The van der Waals surface area contributed by atoms with E-state index in [9.17, 15) is 4.79 Å². The summed E-state index contributed by atoms with van der Waals surface area (Å²) in [7, 11) is 0. The number of carbonyl (C=O) groups is 1. The molecule has 0 aromatic carbocycles. The highest BCUT2D eigenvalue weighted by Gasteiger charge is 2.29. The summed E-state index contributed by atoms with van der Waals surface area (Å²) in [6.45, 7) is 3.93. The van der Waals surface area contributed by atoms with E-state index in [4.69, 9.17) is 4.74 Å². The smallest absolute Gasteiger partial charge is 0.228 e. The van der Waals surface area contributed by atoms with E-state index in [0.29, 0.717) is 19.6 Å². The molecule has 0 N–H and O–H groups in total. The van der Waals surface area contributed by atoms with Crippen LogP contribution in [0.25, 0.3) is 0 Å². The van der Waals surface area contributed by atoms with Gasteiger partial charge in [-0.3, -0.25) is 14.8 Å². The van der Waals surface area contributed by atoms with Gasteiger partial charge in [-0.2, -0.15) is 0 Å². The Morgan fingerprint density at radius 2 is 2.31 bits per heavy atom. The van der Waals surface area contributed by atoms with Crippen molar-refractivity contribution >= 4 is 22.8 Å². The van der Waals surface area contributed by atoms with Crippen molar-refractivity contribution in [3.63, 3.8) is 0 Å². The zero-order valence-corrected chi connectivity index (χ0v) is 15.7. The quantitative estimate of drug-likeness (QED) is 0.795. The van der Waals surface area contributed by atoms with Gasteiger partial charge in [0.2, 0.25) is 5.91 Å². The molecule has 3 aliphatic rings. The summed E-state index contributed by atoms with van der Waals surface area (Å²) in [4.78, 5) is 25.6. The second kappa shape index (κ2) is 8.22. The van der Waals surface area contributed by atoms with Gasteiger partial charge in [-0.15, -0.1) is 0 Å². The first-order chi connectivity index (χ1) is 12.8. The number of rotatable bonds is 5. The standard InChI is InChI=1S/C19H24N4O2S/c24-18(10-16-14-26-19-21-7-3-9-23(16)19)22-8-2-5-17(12-22)25-13-15-4-1-6-20-11-15/h1,4,6,11,14,17H,2-3,5,7-10,12-13H2. The number of amidine groups is 1. The number of fused-ring (bicyclic) bond motifs is 1. The lowest BCUT2D eigenvalue weighted by Crippen LogP contribution is -2.44. The molecule has 1 fully saturated rings. The van der Waals surface area contributed by atoms with Gasteiger partial charge in [-0.05, 0) is 36.3 Å². The topological polar surface area (TPSA) is 58.0 Å². The van der Waals surface area contributed by atoms with E-state index < -0.39 is 0 Å². The first-order valence-electron chi connectivity index (χ1n) is 9.25. The Labute approximate surface area is 158 Å². The minimum atomic E-state index is 0.104. The van der Waals surface area contributed by atoms with E-state index in [1.54, 1.807) is 18.0 Å². The van der Waals surface area contributed by atoms with Crippen LogP contribution in [0, 0.1) is 0 Å². The Kier molecular flexibility index (Phi) is 5.55. The highest BCUT2D eigenvalue weighted by Crippen LogP contribution is 2.31. The number of hydrogen-bond donors (Lipinski definition) is 0. The molecule has 0 aliphatic carbocycles. The molecular weight excluding hydrogens is 348 g/mol. The van der Waals surface area contributed by atoms with Gasteiger partial charge in [0.1, 0.15) is 0 Å². The summed E-state index contributed by atoms with van der Waals surface area (Å²) in [5, 5.41) is 3.14. The molecular formula is C19H24N4O2S. The summed E-state index contributed by atoms with van der Waals surface area (Å²) in [6.07, 6.45) is 7.21. The fourth-order valence-corrected chi connectivity index (χ4v) is 4.49. The Hall–Kier alpha value is -1.86. The minimum Gasteiger partial charge on any atom is -0.372 e. The number of hydrogen-bond acceptors (Lipinski definition) is 6. The summed E-state index contributed by atoms with van der Waals surface area (Å²) < 4.78 is 6.02. The third kappa shape index (κ3) is 4.10. The van der Waals surface area contributed by atoms with Crippen molar-refractivity contribution in [1.29, 1.82) is 0 Å². The molecule has 0 bridgehead atoms. The average Bonchev–Trinajstić information content (AvgIpc) is 3.10. The first kappa shape index (κ1) is 17.5. The predicted octanol–water partition coefficient (Wildman–Crippen LogP) is 2.63. The predicted molar refractivity (Wildman–Crippen MR) is 103 cm³/mol. The van der Waals surface area contributed by atoms with Gasteiger partial charge in [0.25, 0.3) is 0 Å². The van der Waals surface area contributed by atoms with Crippen molar-refractivity contribution < 1.29 is 9.53 Å². The maximum atomic E-state index is 12.8. The molecule has 4 rings (SSSR count). The third-order valence-electron chi connectivity index (χ3n) is 4.94. The number of thioether (sulfide) groups is 1. The molecule has 0 saturated carbocycles. The number of amides is 1. The first-order valence-corrected chi connectivity index (χ1v) is 10.1. The van der Waals surface area contributed by atoms with Crippen LogP contribution < -0.4 is 0 Å². The molecule has 26 heavy (non-hydrogen) atoms. The number of aromatic nitrogens is 1. The fourth-order valence-electron chi connectivity index (χ4n) is 3.54. The van der Waals surface area contributed by atoms with Crippen LogP contribution in [0.5, 0.6) is 0 Å². The molecule has 6 nitrogen and oxygen atoms in total. The van der Waals surface area contributed by atoms with E-state index in [0.717, 1.165) is 55.3 Å². The molecule has 0 radical (unpaired) electrons. The number of pyridine rings is 1. The zero-order valence-electron chi connectivity index (χ0n) is 14.8. The van der Waals surface area contributed by atoms with E-state index in [1.807, 2.05) is 23.2 Å². The van der Waals surface area contributed by atoms with Crippen molar-refractivity contribution in [1.82, 2.24) is 14.8 Å². The molecule has 1 unspecified atom stereocenters. The molecule has 1 atom stereocenters. The normalized spacial score (nSPS) is 22.7. The monoisotopic (exact) mass is 372 g/mol. The SMILES string of the molecule is O=C(CC1=CSC2=NCCCN12)N1CCCC(OCc2cccnc2)C1. The Balaban J connectivity index is 1.29. The maximum Gasteiger partial charge on any atom is 0.228 e. The highest BCUT2D eigenvalue weighted by molar-refractivity contribution is 8.16. The van der Waals surface area contributed by atoms with E-state index in [1.165, 1.54) is 0 Å². The molecule has 138 valence electrons. The maximum absolute atomic E-state index is 12.8. The largest absolute Gasteiger partial charge is 0.372 e. The molecule has 1 aromatic heterocycles. The van der Waals surface area contributed by atoms with Crippen LogP contribution in [0.4, 0.5) is 0 Å². The molecule has 4 heterocycles. The van der Waals surface area contributed by atoms with E-state index in [2.05, 4.69) is 20.3 Å². The van der Waals surface area contributed by atoms with Gasteiger partial charge < -0.3 is 14.5 Å². The van der Waals surface area contributed by atoms with Crippen LogP contribution in [0.2, 0.25) is 0 Å². The molecule has 0 spiro atoms. The van der Waals surface area contributed by atoms with Gasteiger partial charge in [-0.25, -0.2) is 0 Å². The number of aliphatic imine (C=N–C) groups is 1. The van der Waals surface area contributed by atoms with Gasteiger partial charge in [0.15, 0.2) is 5.17 Å². The Morgan fingerprint density at radius 1 is 1.35 bits per heavy atom. The second-order valence-corrected chi connectivity index (χ2v) is 7.69. The van der Waals surface area contributed by atoms with Gasteiger partial charge >= 0.3 is 0 Å². The van der Waals surface area contributed by atoms with Crippen LogP contribution >= 0.6 is 11.8 Å². The van der Waals surface area contributed by atoms with Crippen molar-refractivity contribution in [2.24, 2.45) is 4.99 Å². The molecule has 3 aliphatic heterocycles. The molecule has 1 saturated heterocycles. The van der Waals surface area contributed by atoms with Gasteiger partial charge in [0, 0.05) is 44.3 Å². The molecule has 1 aromatic rings. The second-order valence-electron chi connectivity index (χ2n) is 6.85. The summed E-state index contributed by atoms with van der Waals surface area (Å²) in [5.41, 5.74) is 2.16. The van der Waals surface area contributed by atoms with E-state index in [-0.39, 0.29) is 12.0 Å². The van der Waals surface area contributed by atoms with Gasteiger partial charge in [0.05, 0.1) is 19.1 Å². The summed E-state index contributed by atoms with van der Waals surface area (Å²) in [6, 6.07) is 3.93. The number of piperidine rings is 1. The van der Waals surface area contributed by atoms with Crippen molar-refractivity contribution in [3.05, 3.63) is 41.2 Å². The summed E-state index contributed by atoms with van der Waals surface area (Å²) in [5.74, 6) is 0.193. The van der Waals surface area contributed by atoms with Crippen molar-refractivity contribution in [2.45, 2.75) is 38.4 Å². The van der Waals surface area contributed by atoms with Crippen LogP contribution in [0.15, 0.2) is 40.6 Å². The van der Waals surface area contributed by atoms with Crippen LogP contribution in [-0.2, 0) is 16.1 Å². The van der Waals surface area contributed by atoms with Gasteiger partial charge in [-0.1, -0.05) is 17.8 Å². The molecule has 1 amide bonds. The lowest BCUT2D eigenvalue weighted by Gasteiger charge is -2.33. The Bertz CT molecular complexity index is 707. The highest BCUT2D eigenvalue weighted by atomic mass is 32.2. The average molecular weight is 372 g/mol. The minimum absolute atomic E-state index is 0.104. The Morgan fingerprint density at radius 3 is 3.19 bits per heavy atom. The number of nitrogens with zero attached hydrogens (tertiary/aromatic N) is 4. The number of ether oxygens (including phenoxy) is 1. The number of carbonyl (C=O) groups excluding carboxylic acids is 1. The molecule has 7 heteroatoms. The lowest BCUT2D eigenvalue weighted by molar-refractivity contribution is -0.135. The third-order valence-corrected chi connectivity index (χ3v) is 5.89. The zero-order chi connectivity index (χ0) is 17.8. The number of likely N-dealkylation sites (tertiary alicyclic amines) is 1. The fraction of sp³-hybridized carbons (Fsp3) is 0.526. The van der Waals surface area contributed by atoms with Crippen LogP contribution in [0.3, 0.4) is 0 Å².